The average Bonchev–Trinajstić information content (AvgIpc) is 3.06. The third kappa shape index (κ3) is 5.37. The number of rotatable bonds is 8. The molecule has 3 heterocycles. The molecule has 0 saturated carbocycles. The van der Waals surface area contributed by atoms with Crippen LogP contribution in [0, 0.1) is 11.8 Å². The van der Waals surface area contributed by atoms with Crippen LogP contribution >= 0.6 is 0 Å². The molecular weight excluding hydrogens is 364 g/mol. The molecule has 0 radical (unpaired) electrons. The van der Waals surface area contributed by atoms with Crippen LogP contribution in [0.2, 0.25) is 0 Å². The van der Waals surface area contributed by atoms with Gasteiger partial charge in [0.05, 0.1) is 0 Å². The van der Waals surface area contributed by atoms with Gasteiger partial charge >= 0.3 is 0 Å². The molecule has 29 heavy (non-hydrogen) atoms. The summed E-state index contributed by atoms with van der Waals surface area (Å²) in [6, 6.07) is 4.16. The van der Waals surface area contributed by atoms with Gasteiger partial charge in [-0.1, -0.05) is 25.5 Å². The van der Waals surface area contributed by atoms with E-state index < -0.39 is 6.10 Å². The summed E-state index contributed by atoms with van der Waals surface area (Å²) in [5, 5.41) is 13.8. The van der Waals surface area contributed by atoms with Crippen molar-refractivity contribution < 1.29 is 9.84 Å². The van der Waals surface area contributed by atoms with Gasteiger partial charge in [-0.2, -0.15) is 0 Å². The number of allylic oxidation sites excluding steroid dienone is 1. The van der Waals surface area contributed by atoms with Crippen LogP contribution in [0.15, 0.2) is 23.8 Å². The second-order valence-electron chi connectivity index (χ2n) is 8.50. The first-order valence-corrected chi connectivity index (χ1v) is 11.0. The molecule has 0 spiro atoms. The Morgan fingerprint density at radius 1 is 1.28 bits per heavy atom. The Morgan fingerprint density at radius 3 is 2.66 bits per heavy atom. The fraction of sp³-hybridized carbons (Fsp3) is 0.652. The van der Waals surface area contributed by atoms with E-state index in [1.165, 1.54) is 5.57 Å². The summed E-state index contributed by atoms with van der Waals surface area (Å²) in [7, 11) is 0. The molecule has 160 valence electrons. The van der Waals surface area contributed by atoms with E-state index in [0.717, 1.165) is 56.0 Å². The summed E-state index contributed by atoms with van der Waals surface area (Å²) in [6.07, 6.45) is 4.87. The molecule has 2 N–H and O–H groups in total. The SMILES string of the molecule is CCC(C)/C(C)=C/C(C)Nc1ccc2nc(C(C)O)n(CC3CCOCC3)c2n1. The van der Waals surface area contributed by atoms with Gasteiger partial charge in [-0.15, -0.1) is 0 Å². The van der Waals surface area contributed by atoms with Gasteiger partial charge in [0.2, 0.25) is 0 Å². The van der Waals surface area contributed by atoms with E-state index in [1.54, 1.807) is 6.92 Å². The van der Waals surface area contributed by atoms with E-state index in [0.29, 0.717) is 17.7 Å². The molecule has 3 unspecified atom stereocenters. The van der Waals surface area contributed by atoms with Crippen molar-refractivity contribution in [3.8, 4) is 0 Å². The molecular formula is C23H36N4O2. The second-order valence-corrected chi connectivity index (χ2v) is 8.50. The maximum atomic E-state index is 10.3. The van der Waals surface area contributed by atoms with E-state index in [9.17, 15) is 5.11 Å². The van der Waals surface area contributed by atoms with E-state index in [4.69, 9.17) is 9.72 Å². The molecule has 1 aliphatic rings. The number of hydrogen-bond acceptors (Lipinski definition) is 5. The minimum atomic E-state index is -0.625. The zero-order valence-electron chi connectivity index (χ0n) is 18.5. The van der Waals surface area contributed by atoms with Crippen molar-refractivity contribution in [1.82, 2.24) is 14.5 Å². The van der Waals surface area contributed by atoms with Gasteiger partial charge in [-0.3, -0.25) is 0 Å². The van der Waals surface area contributed by atoms with Crippen LogP contribution in [0.1, 0.15) is 65.8 Å². The first-order valence-electron chi connectivity index (χ1n) is 11.0. The van der Waals surface area contributed by atoms with E-state index in [1.807, 2.05) is 12.1 Å². The molecule has 3 rings (SSSR count). The fourth-order valence-electron chi connectivity index (χ4n) is 3.94. The number of ether oxygens (including phenoxy) is 1. The maximum absolute atomic E-state index is 10.3. The van der Waals surface area contributed by atoms with E-state index >= 15 is 0 Å². The average molecular weight is 401 g/mol. The van der Waals surface area contributed by atoms with Crippen molar-refractivity contribution in [3.63, 3.8) is 0 Å². The highest BCUT2D eigenvalue weighted by Crippen LogP contribution is 2.26. The Morgan fingerprint density at radius 2 is 2.00 bits per heavy atom. The van der Waals surface area contributed by atoms with Crippen LogP contribution < -0.4 is 5.32 Å². The van der Waals surface area contributed by atoms with Gasteiger partial charge in [0.15, 0.2) is 5.65 Å². The summed E-state index contributed by atoms with van der Waals surface area (Å²) >= 11 is 0. The largest absolute Gasteiger partial charge is 0.385 e. The first kappa shape index (κ1) is 21.8. The van der Waals surface area contributed by atoms with E-state index in [2.05, 4.69) is 48.6 Å². The molecule has 0 aromatic carbocycles. The topological polar surface area (TPSA) is 72.2 Å². The van der Waals surface area contributed by atoms with Crippen molar-refractivity contribution in [2.24, 2.45) is 11.8 Å². The quantitative estimate of drug-likeness (QED) is 0.628. The minimum absolute atomic E-state index is 0.192. The highest BCUT2D eigenvalue weighted by Gasteiger charge is 2.21. The van der Waals surface area contributed by atoms with Gasteiger partial charge in [0.1, 0.15) is 23.3 Å². The predicted molar refractivity (Wildman–Crippen MR) is 118 cm³/mol. The standard InChI is InChI=1S/C23H36N4O2/c1-6-15(2)16(3)13-17(4)24-21-8-7-20-23(26-21)27(22(25-20)18(5)28)14-19-9-11-29-12-10-19/h7-8,13,15,17-19,28H,6,9-12,14H2,1-5H3,(H,24,26)/b16-13+. The first-order chi connectivity index (χ1) is 13.9. The van der Waals surface area contributed by atoms with Crippen LogP contribution in [0.5, 0.6) is 0 Å². The molecule has 6 nitrogen and oxygen atoms in total. The Kier molecular flexibility index (Phi) is 7.30. The lowest BCUT2D eigenvalue weighted by Gasteiger charge is -2.23. The van der Waals surface area contributed by atoms with Crippen molar-refractivity contribution in [3.05, 3.63) is 29.6 Å². The summed E-state index contributed by atoms with van der Waals surface area (Å²) in [6.45, 7) is 13.0. The number of pyridine rings is 1. The number of hydrogen-bond donors (Lipinski definition) is 2. The van der Waals surface area contributed by atoms with Crippen molar-refractivity contribution >= 4 is 17.0 Å². The third-order valence-corrected chi connectivity index (χ3v) is 6.06. The normalized spacial score (nSPS) is 19.3. The number of aliphatic hydroxyl groups excluding tert-OH is 1. The van der Waals surface area contributed by atoms with Crippen LogP contribution in [0.4, 0.5) is 5.82 Å². The number of fused-ring (bicyclic) bond motifs is 1. The molecule has 1 aliphatic heterocycles. The summed E-state index contributed by atoms with van der Waals surface area (Å²) in [5.74, 6) is 2.64. The lowest BCUT2D eigenvalue weighted by Crippen LogP contribution is -2.22. The number of aliphatic hydroxyl groups is 1. The molecule has 0 bridgehead atoms. The van der Waals surface area contributed by atoms with Crippen LogP contribution in [0.3, 0.4) is 0 Å². The highest BCUT2D eigenvalue weighted by atomic mass is 16.5. The van der Waals surface area contributed by atoms with Crippen LogP contribution in [-0.2, 0) is 11.3 Å². The van der Waals surface area contributed by atoms with Gasteiger partial charge < -0.3 is 19.7 Å². The number of nitrogens with one attached hydrogen (secondary N) is 1. The maximum Gasteiger partial charge on any atom is 0.162 e. The van der Waals surface area contributed by atoms with Gasteiger partial charge in [0.25, 0.3) is 0 Å². The number of nitrogens with zero attached hydrogens (tertiary/aromatic N) is 3. The molecule has 2 aromatic rings. The molecule has 0 aliphatic carbocycles. The number of anilines is 1. The van der Waals surface area contributed by atoms with Crippen molar-refractivity contribution in [1.29, 1.82) is 0 Å². The third-order valence-electron chi connectivity index (χ3n) is 6.06. The monoisotopic (exact) mass is 400 g/mol. The summed E-state index contributed by atoms with van der Waals surface area (Å²) in [5.41, 5.74) is 3.07. The fourth-order valence-corrected chi connectivity index (χ4v) is 3.94. The Hall–Kier alpha value is -1.92. The number of imidazole rings is 1. The molecule has 3 atom stereocenters. The Labute approximate surface area is 174 Å². The second kappa shape index (κ2) is 9.72. The zero-order valence-corrected chi connectivity index (χ0v) is 18.5. The van der Waals surface area contributed by atoms with Crippen molar-refractivity contribution in [2.45, 2.75) is 72.6 Å². The number of aromatic nitrogens is 3. The van der Waals surface area contributed by atoms with Gasteiger partial charge in [0, 0.05) is 25.8 Å². The van der Waals surface area contributed by atoms with Gasteiger partial charge in [-0.25, -0.2) is 9.97 Å². The lowest BCUT2D eigenvalue weighted by molar-refractivity contribution is 0.0605. The summed E-state index contributed by atoms with van der Waals surface area (Å²) in [4.78, 5) is 9.53. The smallest absolute Gasteiger partial charge is 0.162 e. The Bertz CT molecular complexity index is 837. The summed E-state index contributed by atoms with van der Waals surface area (Å²) < 4.78 is 7.60. The minimum Gasteiger partial charge on any atom is -0.385 e. The highest BCUT2D eigenvalue weighted by molar-refractivity contribution is 5.74. The lowest BCUT2D eigenvalue weighted by atomic mass is 9.98. The predicted octanol–water partition coefficient (Wildman–Crippen LogP) is 4.70. The van der Waals surface area contributed by atoms with Crippen LogP contribution in [0.25, 0.3) is 11.2 Å². The molecule has 2 aromatic heterocycles. The molecule has 0 amide bonds. The molecule has 6 heteroatoms. The molecule has 1 saturated heterocycles. The molecule has 1 fully saturated rings. The zero-order chi connectivity index (χ0) is 21.0. The van der Waals surface area contributed by atoms with Crippen molar-refractivity contribution in [2.75, 3.05) is 18.5 Å². The van der Waals surface area contributed by atoms with Gasteiger partial charge in [-0.05, 0) is 64.0 Å². The van der Waals surface area contributed by atoms with Crippen LogP contribution in [-0.4, -0.2) is 38.9 Å². The Balaban J connectivity index is 1.86. The van der Waals surface area contributed by atoms with E-state index in [-0.39, 0.29) is 6.04 Å².